The van der Waals surface area contributed by atoms with E-state index in [2.05, 4.69) is 41.6 Å². The number of thiazole rings is 1. The van der Waals surface area contributed by atoms with Crippen molar-refractivity contribution in [2.75, 3.05) is 17.2 Å². The highest BCUT2D eigenvalue weighted by Crippen LogP contribution is 2.39. The first-order chi connectivity index (χ1) is 14.0. The summed E-state index contributed by atoms with van der Waals surface area (Å²) in [6.07, 6.45) is 4.18. The molecule has 3 aromatic rings. The molecule has 1 aliphatic rings. The summed E-state index contributed by atoms with van der Waals surface area (Å²) < 4.78 is 6.43. The topological polar surface area (TPSA) is 63.2 Å². The fourth-order valence-electron chi connectivity index (χ4n) is 3.54. The van der Waals surface area contributed by atoms with Gasteiger partial charge in [0.15, 0.2) is 10.2 Å². The number of fused-ring (bicyclic) bond motifs is 2. The van der Waals surface area contributed by atoms with Crippen LogP contribution >= 0.6 is 34.9 Å². The number of aryl methyl sites for hydroxylation is 3. The normalized spacial score (nSPS) is 13.2. The third kappa shape index (κ3) is 4.15. The van der Waals surface area contributed by atoms with Gasteiger partial charge in [-0.25, -0.2) is 9.78 Å². The molecule has 4 rings (SSSR count). The van der Waals surface area contributed by atoms with Gasteiger partial charge in [-0.1, -0.05) is 11.3 Å². The molecule has 0 amide bonds. The summed E-state index contributed by atoms with van der Waals surface area (Å²) in [4.78, 5) is 18.5. The van der Waals surface area contributed by atoms with Crippen LogP contribution in [0.5, 0.6) is 0 Å². The Morgan fingerprint density at radius 1 is 1.17 bits per heavy atom. The van der Waals surface area contributed by atoms with Crippen molar-refractivity contribution in [3.05, 3.63) is 39.3 Å². The van der Waals surface area contributed by atoms with Crippen LogP contribution in [0.15, 0.2) is 12.1 Å². The Hall–Kier alpha value is -2.03. The Morgan fingerprint density at radius 2 is 1.93 bits per heavy atom. The number of thiophene rings is 1. The molecule has 0 unspecified atom stereocenters. The highest BCUT2D eigenvalue weighted by atomic mass is 32.1. The molecule has 5 nitrogen and oxygen atoms in total. The van der Waals surface area contributed by atoms with Crippen molar-refractivity contribution in [2.24, 2.45) is 0 Å². The molecule has 0 radical (unpaired) electrons. The van der Waals surface area contributed by atoms with E-state index in [-0.39, 0.29) is 5.97 Å². The summed E-state index contributed by atoms with van der Waals surface area (Å²) in [5.74, 6) is -0.275. The maximum absolute atomic E-state index is 12.6. The molecule has 2 aromatic heterocycles. The molecule has 0 atom stereocenters. The van der Waals surface area contributed by atoms with E-state index in [9.17, 15) is 4.79 Å². The van der Waals surface area contributed by atoms with Crippen molar-refractivity contribution in [3.63, 3.8) is 0 Å². The molecule has 0 fully saturated rings. The molecular weight excluding hydrogens is 422 g/mol. The zero-order chi connectivity index (χ0) is 20.5. The van der Waals surface area contributed by atoms with Crippen molar-refractivity contribution in [1.82, 2.24) is 4.98 Å². The van der Waals surface area contributed by atoms with E-state index in [0.717, 1.165) is 51.6 Å². The fraction of sp³-hybridized carbons (Fsp3) is 0.381. The number of carbonyl (C=O) groups is 1. The van der Waals surface area contributed by atoms with Crippen LogP contribution in [0.4, 0.5) is 10.1 Å². The molecule has 8 heteroatoms. The number of thiocarbonyl (C=S) groups is 1. The summed E-state index contributed by atoms with van der Waals surface area (Å²) in [5, 5.41) is 8.34. The van der Waals surface area contributed by atoms with E-state index in [1.165, 1.54) is 16.0 Å². The second kappa shape index (κ2) is 8.38. The predicted octanol–water partition coefficient (Wildman–Crippen LogP) is 5.84. The van der Waals surface area contributed by atoms with Gasteiger partial charge in [-0.15, -0.1) is 11.3 Å². The second-order valence-electron chi connectivity index (χ2n) is 7.14. The quantitative estimate of drug-likeness (QED) is 0.389. The molecule has 0 aliphatic heterocycles. The summed E-state index contributed by atoms with van der Waals surface area (Å²) in [5.41, 5.74) is 5.19. The maximum atomic E-state index is 12.6. The molecule has 0 bridgehead atoms. The number of ether oxygens (including phenoxy) is 1. The first kappa shape index (κ1) is 20.3. The highest BCUT2D eigenvalue weighted by Gasteiger charge is 2.26. The van der Waals surface area contributed by atoms with Crippen LogP contribution in [0.25, 0.3) is 10.2 Å². The molecule has 29 heavy (non-hydrogen) atoms. The minimum absolute atomic E-state index is 0.275. The van der Waals surface area contributed by atoms with Crippen molar-refractivity contribution in [2.45, 2.75) is 46.5 Å². The summed E-state index contributed by atoms with van der Waals surface area (Å²) >= 11 is 8.70. The lowest BCUT2D eigenvalue weighted by molar-refractivity contribution is 0.0526. The van der Waals surface area contributed by atoms with E-state index < -0.39 is 0 Å². The van der Waals surface area contributed by atoms with Gasteiger partial charge in [-0.3, -0.25) is 0 Å². The van der Waals surface area contributed by atoms with E-state index in [1.807, 2.05) is 6.92 Å². The molecular formula is C21H23N3O2S3. The van der Waals surface area contributed by atoms with E-state index >= 15 is 0 Å². The number of esters is 1. The number of carbonyl (C=O) groups excluding carboxylic acids is 1. The van der Waals surface area contributed by atoms with Gasteiger partial charge in [0.1, 0.15) is 5.00 Å². The van der Waals surface area contributed by atoms with Gasteiger partial charge in [0.05, 0.1) is 22.4 Å². The van der Waals surface area contributed by atoms with E-state index in [4.69, 9.17) is 17.0 Å². The van der Waals surface area contributed by atoms with Crippen molar-refractivity contribution >= 4 is 66.3 Å². The average Bonchev–Trinajstić information content (AvgIpc) is 3.22. The van der Waals surface area contributed by atoms with E-state index in [1.54, 1.807) is 22.7 Å². The van der Waals surface area contributed by atoms with Crippen LogP contribution in [0, 0.1) is 13.8 Å². The number of hydrogen-bond acceptors (Lipinski definition) is 6. The smallest absolute Gasteiger partial charge is 0.341 e. The first-order valence-corrected chi connectivity index (χ1v) is 11.8. The summed E-state index contributed by atoms with van der Waals surface area (Å²) in [6.45, 7) is 6.37. The Balaban J connectivity index is 1.57. The monoisotopic (exact) mass is 445 g/mol. The number of nitrogens with zero attached hydrogens (tertiary/aromatic N) is 1. The van der Waals surface area contributed by atoms with Gasteiger partial charge >= 0.3 is 5.97 Å². The lowest BCUT2D eigenvalue weighted by Crippen LogP contribution is -2.20. The largest absolute Gasteiger partial charge is 0.462 e. The molecule has 2 N–H and O–H groups in total. The molecule has 152 valence electrons. The van der Waals surface area contributed by atoms with Crippen molar-refractivity contribution < 1.29 is 9.53 Å². The van der Waals surface area contributed by atoms with Crippen LogP contribution in [0.1, 0.15) is 51.7 Å². The first-order valence-electron chi connectivity index (χ1n) is 9.73. The third-order valence-corrected chi connectivity index (χ3v) is 7.45. The van der Waals surface area contributed by atoms with Gasteiger partial charge in [-0.05, 0) is 87.5 Å². The molecule has 1 aromatic carbocycles. The van der Waals surface area contributed by atoms with Crippen LogP contribution in [-0.4, -0.2) is 22.7 Å². The Labute approximate surface area is 183 Å². The zero-order valence-corrected chi connectivity index (χ0v) is 19.1. The van der Waals surface area contributed by atoms with Gasteiger partial charge in [0.25, 0.3) is 0 Å². The second-order valence-corrected chi connectivity index (χ2v) is 9.68. The minimum Gasteiger partial charge on any atom is -0.462 e. The lowest BCUT2D eigenvalue weighted by atomic mass is 9.95. The number of benzene rings is 1. The highest BCUT2D eigenvalue weighted by molar-refractivity contribution is 7.80. The SMILES string of the molecule is CCOC(=O)c1c(NC(=S)Nc2nc3cc(C)c(C)cc3s2)sc2c1CCCC2. The maximum Gasteiger partial charge on any atom is 0.341 e. The average molecular weight is 446 g/mol. The number of nitrogens with one attached hydrogen (secondary N) is 2. The lowest BCUT2D eigenvalue weighted by Gasteiger charge is -2.12. The fourth-order valence-corrected chi connectivity index (χ4v) is 6.10. The molecule has 1 aliphatic carbocycles. The van der Waals surface area contributed by atoms with Gasteiger partial charge < -0.3 is 15.4 Å². The van der Waals surface area contributed by atoms with Crippen LogP contribution in [0.2, 0.25) is 0 Å². The minimum atomic E-state index is -0.275. The van der Waals surface area contributed by atoms with Crippen LogP contribution in [-0.2, 0) is 17.6 Å². The van der Waals surface area contributed by atoms with E-state index in [0.29, 0.717) is 17.3 Å². The third-order valence-electron chi connectivity index (χ3n) is 5.10. The summed E-state index contributed by atoms with van der Waals surface area (Å²) in [6, 6.07) is 4.24. The predicted molar refractivity (Wildman–Crippen MR) is 126 cm³/mol. The Kier molecular flexibility index (Phi) is 5.85. The number of hydrogen-bond donors (Lipinski definition) is 2. The molecule has 2 heterocycles. The van der Waals surface area contributed by atoms with Crippen LogP contribution in [0.3, 0.4) is 0 Å². The standard InChI is InChI=1S/C21H23N3O2S3/c1-4-26-19(25)17-13-7-5-6-8-15(13)28-18(17)23-20(27)24-21-22-14-9-11(2)12(3)10-16(14)29-21/h9-10H,4-8H2,1-3H3,(H2,22,23,24,27). The van der Waals surface area contributed by atoms with Crippen LogP contribution < -0.4 is 10.6 Å². The summed E-state index contributed by atoms with van der Waals surface area (Å²) in [7, 11) is 0. The van der Waals surface area contributed by atoms with Gasteiger partial charge in [0, 0.05) is 4.88 Å². The molecule has 0 spiro atoms. The van der Waals surface area contributed by atoms with Crippen molar-refractivity contribution in [1.29, 1.82) is 0 Å². The van der Waals surface area contributed by atoms with Gasteiger partial charge in [-0.2, -0.15) is 0 Å². The number of aromatic nitrogens is 1. The molecule has 0 saturated heterocycles. The Morgan fingerprint density at radius 3 is 2.72 bits per heavy atom. The zero-order valence-electron chi connectivity index (χ0n) is 16.7. The number of anilines is 2. The van der Waals surface area contributed by atoms with Crippen molar-refractivity contribution in [3.8, 4) is 0 Å². The number of rotatable bonds is 4. The molecule has 0 saturated carbocycles. The Bertz CT molecular complexity index is 1060. The van der Waals surface area contributed by atoms with Gasteiger partial charge in [0.2, 0.25) is 0 Å².